The number of para-hydroxylation sites is 1. The van der Waals surface area contributed by atoms with Crippen molar-refractivity contribution in [2.24, 2.45) is 0 Å². The molecule has 6 heteroatoms. The molecule has 1 N–H and O–H groups in total. The van der Waals surface area contributed by atoms with Crippen LogP contribution < -0.4 is 5.32 Å². The Bertz CT molecular complexity index is 907. The van der Waals surface area contributed by atoms with Crippen LogP contribution in [0.2, 0.25) is 5.02 Å². The van der Waals surface area contributed by atoms with Crippen LogP contribution in [-0.2, 0) is 17.8 Å². The second-order valence-corrected chi connectivity index (χ2v) is 6.18. The van der Waals surface area contributed by atoms with Crippen molar-refractivity contribution in [3.8, 4) is 5.69 Å². The molecule has 1 heterocycles. The number of aryl methyl sites for hydroxylation is 1. The van der Waals surface area contributed by atoms with Crippen LogP contribution in [0.1, 0.15) is 16.7 Å². The fourth-order valence-corrected chi connectivity index (χ4v) is 2.74. The quantitative estimate of drug-likeness (QED) is 0.754. The fraction of sp³-hybridized carbons (Fsp3) is 0.158. The predicted octanol–water partition coefficient (Wildman–Crippen LogP) is 3.83. The highest BCUT2D eigenvalue weighted by Crippen LogP contribution is 2.17. The molecule has 3 rings (SSSR count). The highest BCUT2D eigenvalue weighted by atomic mass is 35.5. The molecular formula is C19H17ClFN3O. The first-order valence-electron chi connectivity index (χ1n) is 7.83. The lowest BCUT2D eigenvalue weighted by molar-refractivity contribution is -0.120. The minimum absolute atomic E-state index is 0.148. The van der Waals surface area contributed by atoms with Crippen LogP contribution in [0.4, 0.5) is 4.39 Å². The van der Waals surface area contributed by atoms with Gasteiger partial charge in [-0.1, -0.05) is 35.9 Å². The largest absolute Gasteiger partial charge is 0.352 e. The first-order chi connectivity index (χ1) is 12.0. The Hall–Kier alpha value is -2.66. The van der Waals surface area contributed by atoms with Gasteiger partial charge in [0.05, 0.1) is 18.3 Å². The number of nitrogens with zero attached hydrogens (tertiary/aromatic N) is 2. The Morgan fingerprint density at radius 2 is 2.08 bits per heavy atom. The molecule has 0 aliphatic rings. The average molecular weight is 358 g/mol. The minimum Gasteiger partial charge on any atom is -0.352 e. The smallest absolute Gasteiger partial charge is 0.224 e. The molecule has 0 aliphatic heterocycles. The van der Waals surface area contributed by atoms with Gasteiger partial charge in [-0.05, 0) is 41.8 Å². The molecule has 0 spiro atoms. The highest BCUT2D eigenvalue weighted by Gasteiger charge is 2.09. The Morgan fingerprint density at radius 1 is 1.28 bits per heavy atom. The van der Waals surface area contributed by atoms with Crippen LogP contribution in [0.3, 0.4) is 0 Å². The normalized spacial score (nSPS) is 10.7. The number of rotatable bonds is 5. The Kier molecular flexibility index (Phi) is 5.14. The maximum absolute atomic E-state index is 13.0. The van der Waals surface area contributed by atoms with E-state index in [9.17, 15) is 9.18 Å². The number of nitrogens with one attached hydrogen (secondary N) is 1. The third-order valence-electron chi connectivity index (χ3n) is 3.85. The Labute approximate surface area is 150 Å². The van der Waals surface area contributed by atoms with Gasteiger partial charge in [-0.25, -0.2) is 9.07 Å². The number of hydrogen-bond donors (Lipinski definition) is 1. The van der Waals surface area contributed by atoms with Crippen molar-refractivity contribution in [3.63, 3.8) is 0 Å². The first-order valence-corrected chi connectivity index (χ1v) is 8.21. The van der Waals surface area contributed by atoms with Crippen LogP contribution >= 0.6 is 11.6 Å². The van der Waals surface area contributed by atoms with Crippen molar-refractivity contribution in [2.45, 2.75) is 19.9 Å². The number of amides is 1. The van der Waals surface area contributed by atoms with Crippen LogP contribution in [0.15, 0.2) is 54.9 Å². The summed E-state index contributed by atoms with van der Waals surface area (Å²) >= 11 is 5.95. The summed E-state index contributed by atoms with van der Waals surface area (Å²) in [5.41, 5.74) is 3.57. The standard InChI is InChI=1S/C19H17ClFN3O/c1-13-4-2-3-5-18(13)24-12-14(10-23-24)8-19(25)22-11-15-6-7-16(21)9-17(15)20/h2-7,9-10,12H,8,11H2,1H3,(H,22,25). The summed E-state index contributed by atoms with van der Waals surface area (Å²) < 4.78 is 14.8. The summed E-state index contributed by atoms with van der Waals surface area (Å²) in [5, 5.41) is 7.40. The zero-order chi connectivity index (χ0) is 17.8. The Balaban J connectivity index is 1.61. The van der Waals surface area contributed by atoms with Gasteiger partial charge >= 0.3 is 0 Å². The molecule has 0 bridgehead atoms. The molecule has 0 saturated carbocycles. The van der Waals surface area contributed by atoms with Gasteiger partial charge in [0.2, 0.25) is 5.91 Å². The van der Waals surface area contributed by atoms with Crippen molar-refractivity contribution in [1.82, 2.24) is 15.1 Å². The van der Waals surface area contributed by atoms with Crippen molar-refractivity contribution >= 4 is 17.5 Å². The molecule has 0 saturated heterocycles. The highest BCUT2D eigenvalue weighted by molar-refractivity contribution is 6.31. The summed E-state index contributed by atoms with van der Waals surface area (Å²) in [6.45, 7) is 2.26. The number of benzene rings is 2. The average Bonchev–Trinajstić information content (AvgIpc) is 3.02. The van der Waals surface area contributed by atoms with Gasteiger partial charge in [0.25, 0.3) is 0 Å². The van der Waals surface area contributed by atoms with E-state index in [1.54, 1.807) is 16.9 Å². The van der Waals surface area contributed by atoms with E-state index in [0.717, 1.165) is 16.8 Å². The molecule has 0 radical (unpaired) electrons. The number of carbonyl (C=O) groups excluding carboxylic acids is 1. The lowest BCUT2D eigenvalue weighted by Gasteiger charge is -2.07. The van der Waals surface area contributed by atoms with E-state index >= 15 is 0 Å². The maximum atomic E-state index is 13.0. The van der Waals surface area contributed by atoms with Gasteiger partial charge in [0.15, 0.2) is 0 Å². The van der Waals surface area contributed by atoms with Gasteiger partial charge in [-0.15, -0.1) is 0 Å². The van der Waals surface area contributed by atoms with E-state index in [2.05, 4.69) is 10.4 Å². The molecule has 0 atom stereocenters. The third-order valence-corrected chi connectivity index (χ3v) is 4.21. The molecule has 25 heavy (non-hydrogen) atoms. The summed E-state index contributed by atoms with van der Waals surface area (Å²) in [5.74, 6) is -0.548. The summed E-state index contributed by atoms with van der Waals surface area (Å²) in [7, 11) is 0. The summed E-state index contributed by atoms with van der Waals surface area (Å²) in [4.78, 5) is 12.1. The minimum atomic E-state index is -0.399. The van der Waals surface area contributed by atoms with E-state index in [1.165, 1.54) is 12.1 Å². The molecule has 0 fully saturated rings. The summed E-state index contributed by atoms with van der Waals surface area (Å²) in [6, 6.07) is 12.0. The molecule has 1 aromatic heterocycles. The van der Waals surface area contributed by atoms with Gasteiger partial charge in [0, 0.05) is 17.8 Å². The van der Waals surface area contributed by atoms with Crippen LogP contribution in [-0.4, -0.2) is 15.7 Å². The molecule has 0 aliphatic carbocycles. The van der Waals surface area contributed by atoms with E-state index < -0.39 is 5.82 Å². The molecule has 2 aromatic carbocycles. The second-order valence-electron chi connectivity index (χ2n) is 5.77. The SMILES string of the molecule is Cc1ccccc1-n1cc(CC(=O)NCc2ccc(F)cc2Cl)cn1. The number of halogens is 2. The molecule has 0 unspecified atom stereocenters. The van der Waals surface area contributed by atoms with Crippen molar-refractivity contribution in [3.05, 3.63) is 82.4 Å². The van der Waals surface area contributed by atoms with Gasteiger partial charge < -0.3 is 5.32 Å². The van der Waals surface area contributed by atoms with Gasteiger partial charge in [0.1, 0.15) is 5.82 Å². The Morgan fingerprint density at radius 3 is 2.84 bits per heavy atom. The van der Waals surface area contributed by atoms with Crippen molar-refractivity contribution in [1.29, 1.82) is 0 Å². The van der Waals surface area contributed by atoms with Crippen molar-refractivity contribution in [2.75, 3.05) is 0 Å². The van der Waals surface area contributed by atoms with E-state index in [4.69, 9.17) is 11.6 Å². The van der Waals surface area contributed by atoms with Gasteiger partial charge in [-0.3, -0.25) is 4.79 Å². The van der Waals surface area contributed by atoms with E-state index in [0.29, 0.717) is 10.6 Å². The van der Waals surface area contributed by atoms with E-state index in [-0.39, 0.29) is 18.9 Å². The number of carbonyl (C=O) groups is 1. The zero-order valence-electron chi connectivity index (χ0n) is 13.7. The molecule has 128 valence electrons. The first kappa shape index (κ1) is 17.2. The molecular weight excluding hydrogens is 341 g/mol. The lowest BCUT2D eigenvalue weighted by atomic mass is 10.2. The topological polar surface area (TPSA) is 46.9 Å². The fourth-order valence-electron chi connectivity index (χ4n) is 2.51. The van der Waals surface area contributed by atoms with Crippen molar-refractivity contribution < 1.29 is 9.18 Å². The monoisotopic (exact) mass is 357 g/mol. The van der Waals surface area contributed by atoms with Crippen LogP contribution in [0.5, 0.6) is 0 Å². The number of hydrogen-bond acceptors (Lipinski definition) is 2. The predicted molar refractivity (Wildman–Crippen MR) is 95.3 cm³/mol. The number of aromatic nitrogens is 2. The van der Waals surface area contributed by atoms with Gasteiger partial charge in [-0.2, -0.15) is 5.10 Å². The van der Waals surface area contributed by atoms with E-state index in [1.807, 2.05) is 37.4 Å². The molecule has 4 nitrogen and oxygen atoms in total. The summed E-state index contributed by atoms with van der Waals surface area (Å²) in [6.07, 6.45) is 3.73. The van der Waals surface area contributed by atoms with Crippen LogP contribution in [0.25, 0.3) is 5.69 Å². The second kappa shape index (κ2) is 7.49. The lowest BCUT2D eigenvalue weighted by Crippen LogP contribution is -2.24. The third kappa shape index (κ3) is 4.25. The maximum Gasteiger partial charge on any atom is 0.224 e. The van der Waals surface area contributed by atoms with Crippen LogP contribution in [0, 0.1) is 12.7 Å². The molecule has 3 aromatic rings. The zero-order valence-corrected chi connectivity index (χ0v) is 14.4. The molecule has 1 amide bonds.